The maximum Gasteiger partial charge on any atom is 0.293 e. The van der Waals surface area contributed by atoms with Crippen molar-refractivity contribution in [2.24, 2.45) is 0 Å². The number of Topliss-reactive ketones (excluding diaryl/α,β-unsaturated/α-hetero) is 1. The van der Waals surface area contributed by atoms with Crippen LogP contribution in [0.25, 0.3) is 11.7 Å². The van der Waals surface area contributed by atoms with E-state index in [0.717, 1.165) is 0 Å². The van der Waals surface area contributed by atoms with Crippen LogP contribution in [0, 0.1) is 0 Å². The molecule has 2 aromatic heterocycles. The van der Waals surface area contributed by atoms with Crippen molar-refractivity contribution in [1.29, 1.82) is 0 Å². The van der Waals surface area contributed by atoms with Crippen LogP contribution in [0.1, 0.15) is 12.7 Å². The Morgan fingerprint density at radius 3 is 2.93 bits per heavy atom. The molecule has 0 aliphatic carbocycles. The monoisotopic (exact) mass is 270 g/mol. The Hall–Kier alpha value is -1.43. The molecule has 5 nitrogen and oxygen atoms in total. The molecule has 0 N–H and O–H groups in total. The molecule has 0 aliphatic heterocycles. The van der Waals surface area contributed by atoms with Gasteiger partial charge in [0.15, 0.2) is 16.3 Å². The first-order chi connectivity index (χ1) is 7.15. The normalized spacial score (nSPS) is 10.5. The number of carbonyl (C=O) groups excluding carboxylic acids is 1. The molecule has 0 amide bonds. The van der Waals surface area contributed by atoms with Gasteiger partial charge >= 0.3 is 0 Å². The van der Waals surface area contributed by atoms with Crippen molar-refractivity contribution in [1.82, 2.24) is 10.1 Å². The molecule has 2 heterocycles. The number of ketones is 1. The van der Waals surface area contributed by atoms with Crippen LogP contribution in [0.5, 0.6) is 0 Å². The molecule has 0 saturated carbocycles. The summed E-state index contributed by atoms with van der Waals surface area (Å²) in [6.45, 7) is 1.47. The predicted molar refractivity (Wildman–Crippen MR) is 54.1 cm³/mol. The smallest absolute Gasteiger partial charge is 0.293 e. The minimum Gasteiger partial charge on any atom is -0.444 e. The average Bonchev–Trinajstić information content (AvgIpc) is 2.72. The van der Waals surface area contributed by atoms with Crippen LogP contribution < -0.4 is 0 Å². The van der Waals surface area contributed by atoms with E-state index in [1.165, 1.54) is 6.92 Å². The van der Waals surface area contributed by atoms with Gasteiger partial charge in [0.25, 0.3) is 5.89 Å². The van der Waals surface area contributed by atoms with Crippen LogP contribution >= 0.6 is 15.9 Å². The Kier molecular flexibility index (Phi) is 2.68. The third-order valence-corrected chi connectivity index (χ3v) is 2.09. The molecule has 6 heteroatoms. The summed E-state index contributed by atoms with van der Waals surface area (Å²) in [4.78, 5) is 14.8. The number of aromatic nitrogens is 2. The Morgan fingerprint density at radius 1 is 1.53 bits per heavy atom. The van der Waals surface area contributed by atoms with Gasteiger partial charge in [-0.3, -0.25) is 4.79 Å². The standard InChI is InChI=1S/C9H7BrN2O3/c1-5(13)4-8-11-9(15-12-8)6-2-3-7(10)14-6/h2-3H,4H2,1H3. The fourth-order valence-electron chi connectivity index (χ4n) is 1.08. The number of hydrogen-bond acceptors (Lipinski definition) is 5. The lowest BCUT2D eigenvalue weighted by molar-refractivity contribution is -0.116. The first-order valence-corrected chi connectivity index (χ1v) is 5.02. The number of nitrogens with zero attached hydrogens (tertiary/aromatic N) is 2. The van der Waals surface area contributed by atoms with Crippen molar-refractivity contribution >= 4 is 21.7 Å². The van der Waals surface area contributed by atoms with Crippen LogP contribution in [0.15, 0.2) is 25.7 Å². The fraction of sp³-hybridized carbons (Fsp3) is 0.222. The number of rotatable bonds is 3. The third kappa shape index (κ3) is 2.33. The molecule has 0 aliphatic rings. The topological polar surface area (TPSA) is 69.1 Å². The molecule has 15 heavy (non-hydrogen) atoms. The van der Waals surface area contributed by atoms with Crippen LogP contribution in [0.2, 0.25) is 0 Å². The minimum atomic E-state index is -0.0111. The van der Waals surface area contributed by atoms with Gasteiger partial charge < -0.3 is 8.94 Å². The molecular weight excluding hydrogens is 264 g/mol. The summed E-state index contributed by atoms with van der Waals surface area (Å²) >= 11 is 3.17. The summed E-state index contributed by atoms with van der Waals surface area (Å²) in [6.07, 6.45) is 0.172. The molecule has 0 bridgehead atoms. The molecule has 0 radical (unpaired) electrons. The van der Waals surface area contributed by atoms with Gasteiger partial charge in [-0.15, -0.1) is 0 Å². The van der Waals surface area contributed by atoms with E-state index in [9.17, 15) is 4.79 Å². The lowest BCUT2D eigenvalue weighted by atomic mass is 10.3. The molecule has 2 rings (SSSR count). The maximum absolute atomic E-state index is 10.8. The van der Waals surface area contributed by atoms with Crippen molar-refractivity contribution in [3.63, 3.8) is 0 Å². The molecule has 0 spiro atoms. The highest BCUT2D eigenvalue weighted by Gasteiger charge is 2.13. The molecule has 78 valence electrons. The lowest BCUT2D eigenvalue weighted by Gasteiger charge is -1.84. The van der Waals surface area contributed by atoms with E-state index < -0.39 is 0 Å². The summed E-state index contributed by atoms with van der Waals surface area (Å²) in [6, 6.07) is 3.43. The molecule has 0 atom stereocenters. The Balaban J connectivity index is 2.23. The highest BCUT2D eigenvalue weighted by molar-refractivity contribution is 9.10. The van der Waals surface area contributed by atoms with Gasteiger partial charge in [-0.1, -0.05) is 5.16 Å². The van der Waals surface area contributed by atoms with Gasteiger partial charge in [0, 0.05) is 0 Å². The summed E-state index contributed by atoms with van der Waals surface area (Å²) in [5.41, 5.74) is 0. The van der Waals surface area contributed by atoms with E-state index in [1.54, 1.807) is 12.1 Å². The molecule has 0 aromatic carbocycles. The molecule has 0 fully saturated rings. The van der Waals surface area contributed by atoms with E-state index >= 15 is 0 Å². The molecule has 2 aromatic rings. The summed E-state index contributed by atoms with van der Waals surface area (Å²) < 4.78 is 10.7. The van der Waals surface area contributed by atoms with Crippen molar-refractivity contribution < 1.29 is 13.7 Å². The minimum absolute atomic E-state index is 0.0111. The van der Waals surface area contributed by atoms with E-state index in [0.29, 0.717) is 16.3 Å². The summed E-state index contributed by atoms with van der Waals surface area (Å²) in [7, 11) is 0. The van der Waals surface area contributed by atoms with Gasteiger partial charge in [0.1, 0.15) is 5.78 Å². The number of halogens is 1. The van der Waals surface area contributed by atoms with Gasteiger partial charge in [-0.25, -0.2) is 0 Å². The van der Waals surface area contributed by atoms with E-state index in [1.807, 2.05) is 0 Å². The second kappa shape index (κ2) is 3.98. The summed E-state index contributed by atoms with van der Waals surface area (Å²) in [5.74, 6) is 1.11. The molecule has 0 unspecified atom stereocenters. The third-order valence-electron chi connectivity index (χ3n) is 1.66. The first kappa shape index (κ1) is 10.1. The van der Waals surface area contributed by atoms with Crippen LogP contribution in [0.3, 0.4) is 0 Å². The van der Waals surface area contributed by atoms with Crippen molar-refractivity contribution in [2.75, 3.05) is 0 Å². The van der Waals surface area contributed by atoms with E-state index in [4.69, 9.17) is 8.94 Å². The van der Waals surface area contributed by atoms with Gasteiger partial charge in [0.2, 0.25) is 0 Å². The van der Waals surface area contributed by atoms with Gasteiger partial charge in [-0.2, -0.15) is 4.98 Å². The maximum atomic E-state index is 10.8. The second-order valence-electron chi connectivity index (χ2n) is 3.00. The quantitative estimate of drug-likeness (QED) is 0.856. The van der Waals surface area contributed by atoms with Crippen LogP contribution in [0.4, 0.5) is 0 Å². The van der Waals surface area contributed by atoms with Crippen molar-refractivity contribution in [3.8, 4) is 11.7 Å². The van der Waals surface area contributed by atoms with E-state index in [2.05, 4.69) is 26.1 Å². The highest BCUT2D eigenvalue weighted by Crippen LogP contribution is 2.23. The van der Waals surface area contributed by atoms with E-state index in [-0.39, 0.29) is 18.1 Å². The fourth-order valence-corrected chi connectivity index (χ4v) is 1.38. The predicted octanol–water partition coefficient (Wildman–Crippen LogP) is 2.22. The second-order valence-corrected chi connectivity index (χ2v) is 3.78. The zero-order valence-corrected chi connectivity index (χ0v) is 9.44. The van der Waals surface area contributed by atoms with Crippen molar-refractivity contribution in [2.45, 2.75) is 13.3 Å². The highest BCUT2D eigenvalue weighted by atomic mass is 79.9. The number of furan rings is 1. The Bertz CT molecular complexity index is 489. The zero-order valence-electron chi connectivity index (χ0n) is 7.86. The lowest BCUT2D eigenvalue weighted by Crippen LogP contribution is -1.97. The Labute approximate surface area is 93.6 Å². The van der Waals surface area contributed by atoms with Crippen LogP contribution in [-0.4, -0.2) is 15.9 Å². The average molecular weight is 271 g/mol. The largest absolute Gasteiger partial charge is 0.444 e. The Morgan fingerprint density at radius 2 is 2.33 bits per heavy atom. The summed E-state index contributed by atoms with van der Waals surface area (Å²) in [5, 5.41) is 3.66. The molecular formula is C9H7BrN2O3. The number of hydrogen-bond donors (Lipinski definition) is 0. The first-order valence-electron chi connectivity index (χ1n) is 4.23. The van der Waals surface area contributed by atoms with Gasteiger partial charge in [-0.05, 0) is 35.0 Å². The van der Waals surface area contributed by atoms with Crippen molar-refractivity contribution in [3.05, 3.63) is 22.6 Å². The molecule has 0 saturated heterocycles. The van der Waals surface area contributed by atoms with Crippen LogP contribution in [-0.2, 0) is 11.2 Å². The SMILES string of the molecule is CC(=O)Cc1noc(-c2ccc(Br)o2)n1. The van der Waals surface area contributed by atoms with Gasteiger partial charge in [0.05, 0.1) is 6.42 Å². The number of carbonyl (C=O) groups is 1. The zero-order chi connectivity index (χ0) is 10.8.